The van der Waals surface area contributed by atoms with Gasteiger partial charge in [-0.05, 0) is 30.5 Å². The van der Waals surface area contributed by atoms with E-state index in [2.05, 4.69) is 10.3 Å². The van der Waals surface area contributed by atoms with Crippen LogP contribution in [-0.2, 0) is 0 Å². The van der Waals surface area contributed by atoms with Crippen molar-refractivity contribution in [3.05, 3.63) is 48.2 Å². The molecule has 1 aromatic carbocycles. The molecule has 2 rings (SSSR count). The normalized spacial score (nSPS) is 10.0. The Morgan fingerprint density at radius 1 is 1.26 bits per heavy atom. The fraction of sp³-hybridized carbons (Fsp3) is 0.143. The average Bonchev–Trinajstić information content (AvgIpc) is 2.47. The Balaban J connectivity index is 2.26. The first-order valence-electron chi connectivity index (χ1n) is 5.69. The lowest BCUT2D eigenvalue weighted by Gasteiger charge is -2.10. The Bertz CT molecular complexity index is 587. The minimum absolute atomic E-state index is 0.193. The maximum Gasteiger partial charge on any atom is 0.258 e. The molecule has 0 aliphatic carbocycles. The Hall–Kier alpha value is -2.01. The van der Waals surface area contributed by atoms with Gasteiger partial charge in [0.1, 0.15) is 10.8 Å². The zero-order chi connectivity index (χ0) is 13.7. The van der Waals surface area contributed by atoms with Crippen LogP contribution in [0.3, 0.4) is 0 Å². The van der Waals surface area contributed by atoms with Crippen molar-refractivity contribution < 1.29 is 9.53 Å². The van der Waals surface area contributed by atoms with E-state index in [1.165, 1.54) is 11.8 Å². The van der Waals surface area contributed by atoms with E-state index in [9.17, 15) is 4.79 Å². The first-order chi connectivity index (χ1) is 9.26. The molecule has 0 aliphatic heterocycles. The van der Waals surface area contributed by atoms with Gasteiger partial charge in [-0.25, -0.2) is 4.98 Å². The maximum atomic E-state index is 12.2. The molecule has 0 fully saturated rings. The second-order valence-electron chi connectivity index (χ2n) is 3.71. The summed E-state index contributed by atoms with van der Waals surface area (Å²) >= 11 is 1.44. The number of aromatic nitrogens is 1. The van der Waals surface area contributed by atoms with Gasteiger partial charge in [0, 0.05) is 6.20 Å². The summed E-state index contributed by atoms with van der Waals surface area (Å²) in [5, 5.41) is 3.54. The number of amides is 1. The number of carbonyl (C=O) groups is 1. The summed E-state index contributed by atoms with van der Waals surface area (Å²) in [4.78, 5) is 16.4. The van der Waals surface area contributed by atoms with Crippen LogP contribution in [0.5, 0.6) is 5.75 Å². The van der Waals surface area contributed by atoms with Crippen molar-refractivity contribution >= 4 is 23.4 Å². The lowest BCUT2D eigenvalue weighted by Crippen LogP contribution is -2.14. The molecule has 1 amide bonds. The van der Waals surface area contributed by atoms with Crippen molar-refractivity contribution in [2.75, 3.05) is 18.7 Å². The van der Waals surface area contributed by atoms with Crippen LogP contribution in [0.15, 0.2) is 47.6 Å². The van der Waals surface area contributed by atoms with Gasteiger partial charge in [-0.1, -0.05) is 12.1 Å². The van der Waals surface area contributed by atoms with Gasteiger partial charge in [-0.2, -0.15) is 0 Å². The van der Waals surface area contributed by atoms with E-state index in [4.69, 9.17) is 4.74 Å². The Kier molecular flexibility index (Phi) is 4.41. The summed E-state index contributed by atoms with van der Waals surface area (Å²) in [5.41, 5.74) is 1.20. The summed E-state index contributed by atoms with van der Waals surface area (Å²) in [6.45, 7) is 0. The summed E-state index contributed by atoms with van der Waals surface area (Å²) in [6.07, 6.45) is 3.56. The van der Waals surface area contributed by atoms with Crippen molar-refractivity contribution in [3.63, 3.8) is 0 Å². The Labute approximate surface area is 116 Å². The number of hydrogen-bond acceptors (Lipinski definition) is 4. The van der Waals surface area contributed by atoms with E-state index in [0.717, 1.165) is 0 Å². The molecule has 1 N–H and O–H groups in total. The zero-order valence-corrected chi connectivity index (χ0v) is 11.5. The molecular weight excluding hydrogens is 260 g/mol. The van der Waals surface area contributed by atoms with E-state index in [-0.39, 0.29) is 5.91 Å². The zero-order valence-electron chi connectivity index (χ0n) is 10.7. The van der Waals surface area contributed by atoms with Crippen LogP contribution < -0.4 is 10.1 Å². The molecule has 98 valence electrons. The number of nitrogens with zero attached hydrogens (tertiary/aromatic N) is 1. The van der Waals surface area contributed by atoms with Gasteiger partial charge in [-0.15, -0.1) is 11.8 Å². The Morgan fingerprint density at radius 3 is 2.79 bits per heavy atom. The second-order valence-corrected chi connectivity index (χ2v) is 4.51. The summed E-state index contributed by atoms with van der Waals surface area (Å²) in [7, 11) is 1.57. The fourth-order valence-corrected chi connectivity index (χ4v) is 2.21. The standard InChI is InChI=1S/C14H14N2O2S/c1-18-12-8-4-3-7-11(12)16-13(17)10-6-5-9-15-14(10)19-2/h3-9H,1-2H3,(H,16,17). The third-order valence-corrected chi connectivity index (χ3v) is 3.28. The monoisotopic (exact) mass is 274 g/mol. The average molecular weight is 274 g/mol. The molecule has 4 nitrogen and oxygen atoms in total. The first kappa shape index (κ1) is 13.4. The van der Waals surface area contributed by atoms with Gasteiger partial charge in [0.05, 0.1) is 18.4 Å². The van der Waals surface area contributed by atoms with Crippen LogP contribution in [0, 0.1) is 0 Å². The van der Waals surface area contributed by atoms with Crippen molar-refractivity contribution in [2.24, 2.45) is 0 Å². The third kappa shape index (κ3) is 3.06. The van der Waals surface area contributed by atoms with Crippen molar-refractivity contribution in [1.82, 2.24) is 4.98 Å². The summed E-state index contributed by atoms with van der Waals surface area (Å²) in [6, 6.07) is 10.8. The lowest BCUT2D eigenvalue weighted by atomic mass is 10.2. The molecule has 2 aromatic rings. The molecule has 1 heterocycles. The second kappa shape index (κ2) is 6.24. The molecule has 19 heavy (non-hydrogen) atoms. The van der Waals surface area contributed by atoms with E-state index in [1.807, 2.05) is 18.4 Å². The number of pyridine rings is 1. The molecule has 0 atom stereocenters. The van der Waals surface area contributed by atoms with E-state index in [1.54, 1.807) is 37.6 Å². The van der Waals surface area contributed by atoms with E-state index >= 15 is 0 Å². The molecular formula is C14H14N2O2S. The first-order valence-corrected chi connectivity index (χ1v) is 6.92. The van der Waals surface area contributed by atoms with Gasteiger partial charge in [0.25, 0.3) is 5.91 Å². The predicted molar refractivity (Wildman–Crippen MR) is 77.0 cm³/mol. The number of methoxy groups -OCH3 is 1. The number of para-hydroxylation sites is 2. The highest BCUT2D eigenvalue weighted by Gasteiger charge is 2.13. The van der Waals surface area contributed by atoms with Crippen molar-refractivity contribution in [3.8, 4) is 5.75 Å². The molecule has 0 saturated carbocycles. The van der Waals surface area contributed by atoms with Crippen LogP contribution in [-0.4, -0.2) is 24.3 Å². The van der Waals surface area contributed by atoms with Crippen molar-refractivity contribution in [1.29, 1.82) is 0 Å². The lowest BCUT2D eigenvalue weighted by molar-refractivity contribution is 0.102. The number of anilines is 1. The number of hydrogen-bond donors (Lipinski definition) is 1. The number of thioether (sulfide) groups is 1. The predicted octanol–water partition coefficient (Wildman–Crippen LogP) is 3.06. The largest absolute Gasteiger partial charge is 0.495 e. The number of benzene rings is 1. The van der Waals surface area contributed by atoms with Crippen LogP contribution in [0.4, 0.5) is 5.69 Å². The maximum absolute atomic E-state index is 12.2. The van der Waals surface area contributed by atoms with Crippen molar-refractivity contribution in [2.45, 2.75) is 5.03 Å². The van der Waals surface area contributed by atoms with E-state index in [0.29, 0.717) is 22.0 Å². The van der Waals surface area contributed by atoms with Crippen LogP contribution >= 0.6 is 11.8 Å². The Morgan fingerprint density at radius 2 is 2.05 bits per heavy atom. The topological polar surface area (TPSA) is 51.2 Å². The quantitative estimate of drug-likeness (QED) is 0.871. The van der Waals surface area contributed by atoms with E-state index < -0.39 is 0 Å². The molecule has 0 radical (unpaired) electrons. The van der Waals surface area contributed by atoms with Crippen LogP contribution in [0.25, 0.3) is 0 Å². The fourth-order valence-electron chi connectivity index (χ4n) is 1.66. The van der Waals surface area contributed by atoms with Gasteiger partial charge in [0.2, 0.25) is 0 Å². The highest BCUT2D eigenvalue weighted by molar-refractivity contribution is 7.98. The molecule has 0 spiro atoms. The van der Waals surface area contributed by atoms with Gasteiger partial charge in [0.15, 0.2) is 0 Å². The number of carbonyl (C=O) groups excluding carboxylic acids is 1. The van der Waals surface area contributed by atoms with Gasteiger partial charge >= 0.3 is 0 Å². The minimum atomic E-state index is -0.193. The van der Waals surface area contributed by atoms with Gasteiger partial charge < -0.3 is 10.1 Å². The molecule has 0 saturated heterocycles. The number of nitrogens with one attached hydrogen (secondary N) is 1. The summed E-state index contributed by atoms with van der Waals surface area (Å²) in [5.74, 6) is 0.437. The molecule has 5 heteroatoms. The highest BCUT2D eigenvalue weighted by Crippen LogP contribution is 2.25. The SMILES string of the molecule is COc1ccccc1NC(=O)c1cccnc1SC. The highest BCUT2D eigenvalue weighted by atomic mass is 32.2. The number of ether oxygens (including phenoxy) is 1. The molecule has 1 aromatic heterocycles. The van der Waals surface area contributed by atoms with Crippen LogP contribution in [0.1, 0.15) is 10.4 Å². The number of rotatable bonds is 4. The summed E-state index contributed by atoms with van der Waals surface area (Å²) < 4.78 is 5.20. The van der Waals surface area contributed by atoms with Gasteiger partial charge in [-0.3, -0.25) is 4.79 Å². The molecule has 0 unspecified atom stereocenters. The minimum Gasteiger partial charge on any atom is -0.495 e. The van der Waals surface area contributed by atoms with Crippen LogP contribution in [0.2, 0.25) is 0 Å². The molecule has 0 aliphatic rings. The molecule has 0 bridgehead atoms. The smallest absolute Gasteiger partial charge is 0.258 e. The third-order valence-electron chi connectivity index (χ3n) is 2.56.